The van der Waals surface area contributed by atoms with Gasteiger partial charge in [0.15, 0.2) is 0 Å². The lowest BCUT2D eigenvalue weighted by atomic mass is 9.88. The first kappa shape index (κ1) is 125. The summed E-state index contributed by atoms with van der Waals surface area (Å²) in [5.41, 5.74) is -0.882. The molecule has 136 heavy (non-hydrogen) atoms. The highest BCUT2D eigenvalue weighted by Crippen LogP contribution is 2.36. The number of nitrogens with zero attached hydrogens (tertiary/aromatic N) is 8. The summed E-state index contributed by atoms with van der Waals surface area (Å²) in [6, 6.07) is 4.76. The van der Waals surface area contributed by atoms with E-state index in [0.717, 1.165) is 220 Å². The first-order valence-electron chi connectivity index (χ1n) is 53.8. The van der Waals surface area contributed by atoms with Crippen LogP contribution in [0.15, 0.2) is 0 Å². The molecule has 9 N–H and O–H groups in total. The molecule has 2 saturated carbocycles. The van der Waals surface area contributed by atoms with Gasteiger partial charge in [0.2, 0.25) is 29.5 Å². The van der Waals surface area contributed by atoms with Crippen molar-refractivity contribution in [3.63, 3.8) is 0 Å². The predicted octanol–water partition coefficient (Wildman–Crippen LogP) is 17.2. The number of alkyl carbamates (subject to hydrolysis) is 3. The largest absolute Gasteiger partial charge is 0.449 e. The highest BCUT2D eigenvalue weighted by atomic mass is 16.6. The van der Waals surface area contributed by atoms with E-state index >= 15 is 0 Å². The van der Waals surface area contributed by atoms with Crippen LogP contribution in [0.3, 0.4) is 0 Å². The van der Waals surface area contributed by atoms with Crippen LogP contribution in [-0.2, 0) is 38.2 Å². The summed E-state index contributed by atoms with van der Waals surface area (Å²) in [6.07, 6.45) is 19.6. The van der Waals surface area contributed by atoms with Gasteiger partial charge in [-0.25, -0.2) is 14.4 Å². The van der Waals surface area contributed by atoms with Crippen molar-refractivity contribution < 1.29 is 57.7 Å². The lowest BCUT2D eigenvalue weighted by molar-refractivity contribution is -0.134. The zero-order chi connectivity index (χ0) is 104. The molecule has 10 aliphatic rings. The predicted molar refractivity (Wildman–Crippen MR) is 560 cm³/mol. The molecule has 8 aliphatic heterocycles. The third kappa shape index (κ3) is 49.7. The van der Waals surface area contributed by atoms with Crippen molar-refractivity contribution in [3.8, 4) is 0 Å². The fraction of sp³-hybridized carbons (Fsp3) is 0.926. The molecule has 28 nitrogen and oxygen atoms in total. The molecule has 0 radical (unpaired) electrons. The fourth-order valence-corrected chi connectivity index (χ4v) is 18.3. The van der Waals surface area contributed by atoms with E-state index in [-0.39, 0.29) is 110 Å². The Bertz CT molecular complexity index is 3340. The molecule has 2 unspecified atom stereocenters. The van der Waals surface area contributed by atoms with Crippen LogP contribution < -0.4 is 42.5 Å². The van der Waals surface area contributed by atoms with Crippen molar-refractivity contribution in [2.45, 2.75) is 501 Å². The molecule has 10 fully saturated rings. The lowest BCUT2D eigenvalue weighted by Crippen LogP contribution is -2.56. The van der Waals surface area contributed by atoms with E-state index in [2.05, 4.69) is 262 Å². The van der Waals surface area contributed by atoms with Crippen LogP contribution >= 0.6 is 0 Å². The Morgan fingerprint density at radius 3 is 0.853 bits per heavy atom. The van der Waals surface area contributed by atoms with Crippen LogP contribution in [0, 0.1) is 35.5 Å². The summed E-state index contributed by atoms with van der Waals surface area (Å²) in [5.74, 6) is 2.59. The third-order valence-corrected chi connectivity index (χ3v) is 29.5. The number of piperidine rings is 7. The standard InChI is InChI=1S/3C14H28N2O2.C14H26N2O.C14H28N2O.C13H26N2O2.C13H26N2O.C12H22N2O/c1-11(2)16-9-7-14(6,8-10-16)15-12(17)18-13(3,4)5;1-11(2)10-18-13(17)15-14(5)6-8-16(9-7-14)12(3)4;1-10(2)12(17)13(18)15-14(5)6-8-16(9-7-14)11(3)4;1-11(2)16-8-6-14(3,7-9-16)15-13(17)10-12-4-5-12;1-11(2)10-13(17)15-14(5)6-8-16(9-7-14)12(3)4;1-10(2)15-8-6-13(5,7-9-15)14-12(16)17-11(3)4;1-10(2)12(16)14-13(5)6-8-15(9-7-13)11(3)4;1-9(2)14-7-6-12(3,8-14)13-11(15)10-4-5-10/h11H,7-10H2,1-6H3,(H,15,17);11-12H,6-10H2,1-5H3,(H,15,17);10-12,17H,6-9H2,1-5H3,(H,15,18);11-12H,4-10H2,1-3H3,(H,15,17);11-12H,6-10H2,1-5H3,(H,15,17);10-11H,6-9H2,1-5H3,(H,14,16);10-11H,6-9H2,1-5H3,(H,14,16);9-10H,4-8H2,1-3H3,(H,13,15). The molecule has 28 heteroatoms. The van der Waals surface area contributed by atoms with Gasteiger partial charge in [0.05, 0.1) is 18.2 Å². The highest BCUT2D eigenvalue weighted by Gasteiger charge is 2.43. The second-order valence-corrected chi connectivity index (χ2v) is 49.5. The molecule has 0 bridgehead atoms. The smallest absolute Gasteiger partial charge is 0.408 e. The molecule has 10 rings (SSSR count). The van der Waals surface area contributed by atoms with E-state index in [9.17, 15) is 43.5 Å². The molecular weight excluding hydrogens is 1710 g/mol. The van der Waals surface area contributed by atoms with Crippen LogP contribution in [0.4, 0.5) is 14.4 Å². The molecule has 0 aromatic rings. The number of ether oxygens (including phenoxy) is 3. The Balaban J connectivity index is 0.000000400. The van der Waals surface area contributed by atoms with Crippen molar-refractivity contribution in [1.29, 1.82) is 0 Å². The van der Waals surface area contributed by atoms with Gasteiger partial charge in [-0.05, 0) is 346 Å². The maximum atomic E-state index is 11.9. The summed E-state index contributed by atoms with van der Waals surface area (Å²) in [4.78, 5) is 114. The van der Waals surface area contributed by atoms with Crippen LogP contribution in [0.1, 0.15) is 391 Å². The van der Waals surface area contributed by atoms with Crippen LogP contribution in [-0.4, -0.2) is 314 Å². The Hall–Kier alpha value is -5.20. The zero-order valence-corrected chi connectivity index (χ0v) is 94.1. The van der Waals surface area contributed by atoms with Gasteiger partial charge in [-0.3, -0.25) is 28.9 Å². The lowest BCUT2D eigenvalue weighted by Gasteiger charge is -2.42. The van der Waals surface area contributed by atoms with E-state index in [1.54, 1.807) is 0 Å². The minimum Gasteiger partial charge on any atom is -0.449 e. The van der Waals surface area contributed by atoms with Crippen molar-refractivity contribution >= 4 is 47.8 Å². The Morgan fingerprint density at radius 2 is 0.596 bits per heavy atom. The summed E-state index contributed by atoms with van der Waals surface area (Å²) < 4.78 is 15.6. The fourth-order valence-electron chi connectivity index (χ4n) is 18.3. The quantitative estimate of drug-likeness (QED) is 0.0345. The second-order valence-electron chi connectivity index (χ2n) is 49.5. The number of amides is 8. The van der Waals surface area contributed by atoms with Gasteiger partial charge in [-0.2, -0.15) is 0 Å². The van der Waals surface area contributed by atoms with Gasteiger partial charge in [-0.15, -0.1) is 0 Å². The van der Waals surface area contributed by atoms with Crippen LogP contribution in [0.5, 0.6) is 0 Å². The summed E-state index contributed by atoms with van der Waals surface area (Å²) in [7, 11) is 0. The average Bonchev–Trinajstić information content (AvgIpc) is 1.63. The SMILES string of the molecule is CC(C)C(=O)NC1(C)CCN(C(C)C)CC1.CC(C)C(O)C(=O)NC1(C)CCN(C(C)C)CC1.CC(C)CC(=O)NC1(C)CCN(C(C)C)CC1.CC(C)COC(=O)NC1(C)CCN(C(C)C)CC1.CC(C)N1CCC(C)(NC(=O)C2CC2)C1.CC(C)N1CCC(C)(NC(=O)CC2CC2)CC1.CC(C)N1CCC(C)(NC(=O)OC(C)(C)C)CC1.CC(C)OC(=O)NC1(C)CCN(C(C)C)CC1. The van der Waals surface area contributed by atoms with Crippen molar-refractivity contribution in [2.75, 3.05) is 111 Å². The average molecular weight is 1930 g/mol. The second kappa shape index (κ2) is 57.3. The van der Waals surface area contributed by atoms with E-state index in [0.29, 0.717) is 85.0 Å². The Morgan fingerprint density at radius 1 is 0.324 bits per heavy atom. The number of aliphatic hydroxyl groups excluding tert-OH is 1. The van der Waals surface area contributed by atoms with Gasteiger partial charge in [0.1, 0.15) is 11.7 Å². The van der Waals surface area contributed by atoms with Crippen molar-refractivity contribution in [1.82, 2.24) is 81.7 Å². The molecular formula is C108H212N16O12. The molecule has 796 valence electrons. The van der Waals surface area contributed by atoms with Gasteiger partial charge >= 0.3 is 18.3 Å². The maximum Gasteiger partial charge on any atom is 0.408 e. The number of carbonyl (C=O) groups is 8. The van der Waals surface area contributed by atoms with E-state index < -0.39 is 11.7 Å². The summed E-state index contributed by atoms with van der Waals surface area (Å²) >= 11 is 0. The number of carbonyl (C=O) groups excluding carboxylic acids is 8. The van der Waals surface area contributed by atoms with Gasteiger partial charge < -0.3 is 96.2 Å². The molecule has 2 atom stereocenters. The van der Waals surface area contributed by atoms with E-state index in [1.807, 2.05) is 76.2 Å². The van der Waals surface area contributed by atoms with Crippen LogP contribution in [0.25, 0.3) is 0 Å². The highest BCUT2D eigenvalue weighted by molar-refractivity contribution is 5.82. The van der Waals surface area contributed by atoms with Gasteiger partial charge in [0, 0.05) is 217 Å². The topological polar surface area (TPSA) is 307 Å². The molecule has 0 aromatic heterocycles. The number of hydrogen-bond acceptors (Lipinski definition) is 20. The van der Waals surface area contributed by atoms with Crippen LogP contribution in [0.2, 0.25) is 0 Å². The molecule has 0 spiro atoms. The minimum absolute atomic E-state index is 0.00669. The molecule has 0 aromatic carbocycles. The number of nitrogens with one attached hydrogen (secondary N) is 8. The third-order valence-electron chi connectivity index (χ3n) is 29.5. The number of likely N-dealkylation sites (tertiary alicyclic amines) is 8. The van der Waals surface area contributed by atoms with Crippen molar-refractivity contribution in [3.05, 3.63) is 0 Å². The van der Waals surface area contributed by atoms with Crippen molar-refractivity contribution in [2.24, 2.45) is 35.5 Å². The number of aliphatic hydroxyl groups is 1. The van der Waals surface area contributed by atoms with Gasteiger partial charge in [0.25, 0.3) is 0 Å². The number of hydrogen-bond donors (Lipinski definition) is 9. The molecule has 8 amide bonds. The maximum absolute atomic E-state index is 11.9. The Kier molecular flexibility index (Phi) is 52.7. The monoisotopic (exact) mass is 1930 g/mol. The number of rotatable bonds is 27. The summed E-state index contributed by atoms with van der Waals surface area (Å²) in [5, 5.41) is 34.7. The Labute approximate surface area is 831 Å². The first-order chi connectivity index (χ1) is 62.7. The minimum atomic E-state index is -0.898. The summed E-state index contributed by atoms with van der Waals surface area (Å²) in [6.45, 7) is 95.3. The van der Waals surface area contributed by atoms with E-state index in [1.165, 1.54) is 12.8 Å². The first-order valence-corrected chi connectivity index (χ1v) is 53.8. The normalized spacial score (nSPS) is 22.8. The van der Waals surface area contributed by atoms with Gasteiger partial charge in [-0.1, -0.05) is 55.4 Å². The molecule has 8 heterocycles. The zero-order valence-electron chi connectivity index (χ0n) is 94.1. The molecule has 2 aliphatic carbocycles. The molecule has 8 saturated heterocycles. The van der Waals surface area contributed by atoms with E-state index in [4.69, 9.17) is 14.2 Å².